The number of aryl methyl sites for hydroxylation is 1. The van der Waals surface area contributed by atoms with Crippen molar-refractivity contribution in [3.05, 3.63) is 11.7 Å². The van der Waals surface area contributed by atoms with Gasteiger partial charge in [0.05, 0.1) is 6.54 Å². The molecule has 2 aliphatic heterocycles. The molecule has 1 aromatic heterocycles. The van der Waals surface area contributed by atoms with Crippen LogP contribution >= 0.6 is 0 Å². The minimum absolute atomic E-state index is 0.0393. The summed E-state index contributed by atoms with van der Waals surface area (Å²) in [5.74, 6) is 0.620. The molecular weight excluding hydrogens is 324 g/mol. The highest BCUT2D eigenvalue weighted by Crippen LogP contribution is 2.44. The van der Waals surface area contributed by atoms with Gasteiger partial charge in [0.2, 0.25) is 11.8 Å². The summed E-state index contributed by atoms with van der Waals surface area (Å²) in [5.41, 5.74) is -0.868. The predicted molar refractivity (Wildman–Crippen MR) is 86.4 cm³/mol. The van der Waals surface area contributed by atoms with Crippen LogP contribution in [0.2, 0.25) is 0 Å². The standard InChI is InChI=1S/C17H24N4O4/c1-2-13-18-14(25-19-13)8-20-6-12-7-21(15(22)11-4-3-5-11)10-17(12,9-20)16(23)24/h11-12H,2-10H2,1H3,(H,23,24)/t12-,17-/m0/s1. The van der Waals surface area contributed by atoms with Crippen molar-refractivity contribution in [2.45, 2.75) is 39.2 Å². The smallest absolute Gasteiger partial charge is 0.313 e. The van der Waals surface area contributed by atoms with Gasteiger partial charge >= 0.3 is 5.97 Å². The molecule has 25 heavy (non-hydrogen) atoms. The van der Waals surface area contributed by atoms with E-state index in [1.54, 1.807) is 4.90 Å². The monoisotopic (exact) mass is 348 g/mol. The van der Waals surface area contributed by atoms with Gasteiger partial charge in [-0.2, -0.15) is 4.98 Å². The van der Waals surface area contributed by atoms with Gasteiger partial charge in [-0.15, -0.1) is 0 Å². The van der Waals surface area contributed by atoms with E-state index < -0.39 is 11.4 Å². The number of aromatic nitrogens is 2. The number of carboxylic acids is 1. The van der Waals surface area contributed by atoms with E-state index in [1.165, 1.54) is 0 Å². The highest BCUT2D eigenvalue weighted by Gasteiger charge is 2.59. The number of carboxylic acid groups (broad SMARTS) is 1. The van der Waals surface area contributed by atoms with Gasteiger partial charge in [-0.05, 0) is 12.8 Å². The van der Waals surface area contributed by atoms with Gasteiger partial charge in [-0.25, -0.2) is 0 Å². The molecule has 2 saturated heterocycles. The summed E-state index contributed by atoms with van der Waals surface area (Å²) in [6.45, 7) is 4.36. The number of carbonyl (C=O) groups excluding carboxylic acids is 1. The number of hydrogen-bond donors (Lipinski definition) is 1. The van der Waals surface area contributed by atoms with Gasteiger partial charge in [0.25, 0.3) is 0 Å². The maximum absolute atomic E-state index is 12.5. The second-order valence-corrected chi connectivity index (χ2v) is 7.63. The number of carbonyl (C=O) groups is 2. The Bertz CT molecular complexity index is 686. The predicted octanol–water partition coefficient (Wildman–Crippen LogP) is 0.777. The van der Waals surface area contributed by atoms with Crippen LogP contribution in [0.25, 0.3) is 0 Å². The van der Waals surface area contributed by atoms with E-state index in [4.69, 9.17) is 4.52 Å². The molecule has 3 fully saturated rings. The Morgan fingerprint density at radius 1 is 1.32 bits per heavy atom. The number of nitrogens with zero attached hydrogens (tertiary/aromatic N) is 4. The molecule has 8 heteroatoms. The van der Waals surface area contributed by atoms with Crippen molar-refractivity contribution in [3.8, 4) is 0 Å². The first-order chi connectivity index (χ1) is 12.0. The third kappa shape index (κ3) is 2.72. The normalized spacial score (nSPS) is 29.6. The van der Waals surface area contributed by atoms with Crippen LogP contribution < -0.4 is 0 Å². The summed E-state index contributed by atoms with van der Waals surface area (Å²) in [6, 6.07) is 0. The van der Waals surface area contributed by atoms with E-state index in [2.05, 4.69) is 15.0 Å². The van der Waals surface area contributed by atoms with Crippen LogP contribution in [0.3, 0.4) is 0 Å². The lowest BCUT2D eigenvalue weighted by atomic mass is 9.81. The molecule has 3 aliphatic rings. The zero-order valence-electron chi connectivity index (χ0n) is 14.5. The second kappa shape index (κ2) is 6.09. The molecule has 1 amide bonds. The largest absolute Gasteiger partial charge is 0.481 e. The maximum Gasteiger partial charge on any atom is 0.313 e. The summed E-state index contributed by atoms with van der Waals surface area (Å²) in [7, 11) is 0. The van der Waals surface area contributed by atoms with Crippen molar-refractivity contribution in [1.29, 1.82) is 0 Å². The van der Waals surface area contributed by atoms with Crippen LogP contribution in [-0.4, -0.2) is 63.1 Å². The van der Waals surface area contributed by atoms with Gasteiger partial charge in [0.1, 0.15) is 5.41 Å². The fraction of sp³-hybridized carbons (Fsp3) is 0.765. The molecule has 3 heterocycles. The van der Waals surface area contributed by atoms with Crippen LogP contribution in [0.5, 0.6) is 0 Å². The fourth-order valence-corrected chi connectivity index (χ4v) is 4.36. The Hall–Kier alpha value is -1.96. The Morgan fingerprint density at radius 3 is 2.68 bits per heavy atom. The number of hydrogen-bond acceptors (Lipinski definition) is 6. The molecule has 136 valence electrons. The maximum atomic E-state index is 12.5. The Balaban J connectivity index is 1.45. The Morgan fingerprint density at radius 2 is 2.12 bits per heavy atom. The van der Waals surface area contributed by atoms with E-state index in [1.807, 2.05) is 6.92 Å². The van der Waals surface area contributed by atoms with Gasteiger partial charge in [0, 0.05) is 44.4 Å². The topological polar surface area (TPSA) is 99.8 Å². The van der Waals surface area contributed by atoms with Crippen molar-refractivity contribution >= 4 is 11.9 Å². The van der Waals surface area contributed by atoms with Gasteiger partial charge in [0.15, 0.2) is 5.82 Å². The lowest BCUT2D eigenvalue weighted by Crippen LogP contribution is -2.44. The molecule has 4 rings (SSSR count). The lowest BCUT2D eigenvalue weighted by Gasteiger charge is -2.31. The average molecular weight is 348 g/mol. The van der Waals surface area contributed by atoms with Crippen LogP contribution in [0, 0.1) is 17.3 Å². The molecule has 1 saturated carbocycles. The quantitative estimate of drug-likeness (QED) is 0.839. The summed E-state index contributed by atoms with van der Waals surface area (Å²) in [4.78, 5) is 32.7. The molecule has 1 aliphatic carbocycles. The van der Waals surface area contributed by atoms with E-state index in [9.17, 15) is 14.7 Å². The molecule has 2 atom stereocenters. The van der Waals surface area contributed by atoms with Crippen molar-refractivity contribution in [1.82, 2.24) is 19.9 Å². The van der Waals surface area contributed by atoms with Crippen molar-refractivity contribution in [2.24, 2.45) is 17.3 Å². The molecule has 0 aromatic carbocycles. The minimum atomic E-state index is -0.868. The first-order valence-electron chi connectivity index (χ1n) is 9.08. The Labute approximate surface area is 146 Å². The molecule has 0 unspecified atom stereocenters. The zero-order valence-corrected chi connectivity index (χ0v) is 14.5. The molecular formula is C17H24N4O4. The van der Waals surface area contributed by atoms with Crippen molar-refractivity contribution < 1.29 is 19.2 Å². The summed E-state index contributed by atoms with van der Waals surface area (Å²) < 4.78 is 5.23. The average Bonchev–Trinajstić information content (AvgIpc) is 3.18. The number of likely N-dealkylation sites (tertiary alicyclic amines) is 2. The molecule has 0 radical (unpaired) electrons. The molecule has 8 nitrogen and oxygen atoms in total. The van der Waals surface area contributed by atoms with Crippen LogP contribution in [-0.2, 0) is 22.6 Å². The first-order valence-corrected chi connectivity index (χ1v) is 9.08. The van der Waals surface area contributed by atoms with Crippen LogP contribution in [0.1, 0.15) is 37.9 Å². The van der Waals surface area contributed by atoms with Crippen molar-refractivity contribution in [3.63, 3.8) is 0 Å². The minimum Gasteiger partial charge on any atom is -0.481 e. The summed E-state index contributed by atoms with van der Waals surface area (Å²) in [5, 5.41) is 13.8. The van der Waals surface area contributed by atoms with Crippen LogP contribution in [0.15, 0.2) is 4.52 Å². The fourth-order valence-electron chi connectivity index (χ4n) is 4.36. The number of aliphatic carboxylic acids is 1. The third-order valence-electron chi connectivity index (χ3n) is 6.06. The van der Waals surface area contributed by atoms with E-state index in [-0.39, 0.29) is 17.7 Å². The van der Waals surface area contributed by atoms with Gasteiger partial charge in [-0.1, -0.05) is 18.5 Å². The highest BCUT2D eigenvalue weighted by molar-refractivity contribution is 5.83. The van der Waals surface area contributed by atoms with E-state index >= 15 is 0 Å². The first kappa shape index (κ1) is 16.5. The molecule has 0 bridgehead atoms. The number of rotatable bonds is 5. The number of fused-ring (bicyclic) bond motifs is 1. The molecule has 1 N–H and O–H groups in total. The van der Waals surface area contributed by atoms with Crippen molar-refractivity contribution in [2.75, 3.05) is 26.2 Å². The van der Waals surface area contributed by atoms with Gasteiger partial charge < -0.3 is 14.5 Å². The summed E-state index contributed by atoms with van der Waals surface area (Å²) >= 11 is 0. The molecule has 1 aromatic rings. The third-order valence-corrected chi connectivity index (χ3v) is 6.06. The molecule has 0 spiro atoms. The highest BCUT2D eigenvalue weighted by atomic mass is 16.5. The zero-order chi connectivity index (χ0) is 17.6. The summed E-state index contributed by atoms with van der Waals surface area (Å²) in [6.07, 6.45) is 3.71. The van der Waals surface area contributed by atoms with Gasteiger partial charge in [-0.3, -0.25) is 14.5 Å². The number of amides is 1. The van der Waals surface area contributed by atoms with E-state index in [0.717, 1.165) is 19.3 Å². The lowest BCUT2D eigenvalue weighted by molar-refractivity contribution is -0.149. The van der Waals surface area contributed by atoms with Crippen LogP contribution in [0.4, 0.5) is 0 Å². The van der Waals surface area contributed by atoms with E-state index in [0.29, 0.717) is 50.9 Å². The Kier molecular flexibility index (Phi) is 4.02. The SMILES string of the molecule is CCc1noc(CN2C[C@H]3CN(C(=O)C4CCC4)C[C@@]3(C(=O)O)C2)n1. The second-order valence-electron chi connectivity index (χ2n) is 7.63.